The molecule has 2 aliphatic carbocycles. The zero-order valence-corrected chi connectivity index (χ0v) is 33.8. The molecule has 2 unspecified atom stereocenters. The van der Waals surface area contributed by atoms with Gasteiger partial charge in [-0.15, -0.1) is 0 Å². The van der Waals surface area contributed by atoms with Crippen LogP contribution in [0.2, 0.25) is 0 Å². The third kappa shape index (κ3) is 5.25. The van der Waals surface area contributed by atoms with Gasteiger partial charge in [-0.2, -0.15) is 0 Å². The standard InChI is InChI=1S/C57H41N3O/c1-36-14-13-21-44(28-36)59(43-19-9-4-10-20-43)46-27-25-38-32-50-52(34-40(38)30-46)60-51-33-39-29-45(58(41-15-5-2-6-16-41)42-17-7-3-8-18-42)26-24-37(39)31-48(51)49-35-54-55(56(50)57(49)60)47-22-11-12-23-53(47)61-54/h2-27,29-33,35-36,52H,28,34H2,1H3. The van der Waals surface area contributed by atoms with Gasteiger partial charge in [0.15, 0.2) is 0 Å². The van der Waals surface area contributed by atoms with E-state index in [1.807, 2.05) is 0 Å². The van der Waals surface area contributed by atoms with Crippen LogP contribution < -0.4 is 9.80 Å². The zero-order chi connectivity index (χ0) is 40.2. The highest BCUT2D eigenvalue weighted by atomic mass is 16.3. The minimum Gasteiger partial charge on any atom is -0.456 e. The Kier molecular flexibility index (Phi) is 7.44. The number of nitrogens with zero attached hydrogens (tertiary/aromatic N) is 3. The van der Waals surface area contributed by atoms with Crippen LogP contribution >= 0.6 is 0 Å². The van der Waals surface area contributed by atoms with Crippen molar-refractivity contribution >= 4 is 94.6 Å². The molecule has 3 heterocycles. The van der Waals surface area contributed by atoms with Crippen LogP contribution in [0.3, 0.4) is 0 Å². The first-order valence-electron chi connectivity index (χ1n) is 21.5. The first kappa shape index (κ1) is 34.3. The van der Waals surface area contributed by atoms with Gasteiger partial charge in [0.05, 0.1) is 17.1 Å². The molecule has 4 heteroatoms. The molecular weight excluding hydrogens is 743 g/mol. The fourth-order valence-corrected chi connectivity index (χ4v) is 10.6. The summed E-state index contributed by atoms with van der Waals surface area (Å²) in [5.74, 6) is 0.485. The van der Waals surface area contributed by atoms with Gasteiger partial charge in [-0.05, 0) is 143 Å². The molecule has 0 saturated heterocycles. The molecule has 4 nitrogen and oxygen atoms in total. The van der Waals surface area contributed by atoms with Crippen LogP contribution in [0.4, 0.5) is 28.4 Å². The molecule has 13 rings (SSSR count). The molecular formula is C57H41N3O. The van der Waals surface area contributed by atoms with Crippen molar-refractivity contribution < 1.29 is 4.42 Å². The normalized spacial score (nSPS) is 16.6. The quantitative estimate of drug-likeness (QED) is 0.168. The van der Waals surface area contributed by atoms with Gasteiger partial charge in [-0.3, -0.25) is 0 Å². The predicted octanol–water partition coefficient (Wildman–Crippen LogP) is 15.6. The summed E-state index contributed by atoms with van der Waals surface area (Å²) in [5.41, 5.74) is 16.9. The van der Waals surface area contributed by atoms with Gasteiger partial charge in [0.2, 0.25) is 0 Å². The van der Waals surface area contributed by atoms with Crippen LogP contribution in [-0.2, 0) is 6.42 Å². The predicted molar refractivity (Wildman–Crippen MR) is 256 cm³/mol. The Hall–Kier alpha value is -7.56. The molecule has 0 bridgehead atoms. The Morgan fingerprint density at radius 3 is 2.00 bits per heavy atom. The lowest BCUT2D eigenvalue weighted by Gasteiger charge is -2.32. The summed E-state index contributed by atoms with van der Waals surface area (Å²) in [6.07, 6.45) is 11.2. The van der Waals surface area contributed by atoms with Crippen LogP contribution in [-0.4, -0.2) is 4.57 Å². The number of furan rings is 1. The van der Waals surface area contributed by atoms with E-state index in [4.69, 9.17) is 4.42 Å². The maximum Gasteiger partial charge on any atom is 0.136 e. The van der Waals surface area contributed by atoms with Gasteiger partial charge in [0, 0.05) is 61.2 Å². The Labute approximate surface area is 354 Å². The molecule has 0 radical (unpaired) electrons. The Balaban J connectivity index is 1.02. The first-order valence-corrected chi connectivity index (χ1v) is 21.5. The summed E-state index contributed by atoms with van der Waals surface area (Å²) in [4.78, 5) is 4.81. The molecule has 1 aliphatic heterocycles. The number of benzene rings is 8. The lowest BCUT2D eigenvalue weighted by molar-refractivity contribution is 0.669. The number of hydrogen-bond donors (Lipinski definition) is 0. The second-order valence-corrected chi connectivity index (χ2v) is 17.0. The minimum atomic E-state index is 0.129. The van der Waals surface area contributed by atoms with Crippen molar-refractivity contribution in [3.05, 3.63) is 210 Å². The van der Waals surface area contributed by atoms with E-state index in [9.17, 15) is 0 Å². The van der Waals surface area contributed by atoms with Crippen molar-refractivity contribution in [2.24, 2.45) is 5.92 Å². The van der Waals surface area contributed by atoms with Gasteiger partial charge in [-0.1, -0.05) is 104 Å². The SMILES string of the molecule is CC1C=CC=C(N(c2ccccc2)c2ccc3c(c2)CC2C(=C3)c3c4c(cc5c6cc7ccc(N(c8ccccc8)c8ccccc8)cc7cc6n2c35)oc2ccccc24)C1. The number of anilines is 5. The summed E-state index contributed by atoms with van der Waals surface area (Å²) in [5, 5.41) is 7.35. The van der Waals surface area contributed by atoms with Gasteiger partial charge in [0.1, 0.15) is 11.2 Å². The summed E-state index contributed by atoms with van der Waals surface area (Å²) in [6.45, 7) is 2.30. The van der Waals surface area contributed by atoms with Crippen molar-refractivity contribution in [2.75, 3.05) is 9.80 Å². The molecule has 0 amide bonds. The highest BCUT2D eigenvalue weighted by Crippen LogP contribution is 2.55. The maximum absolute atomic E-state index is 6.70. The minimum absolute atomic E-state index is 0.129. The molecule has 0 spiro atoms. The summed E-state index contributed by atoms with van der Waals surface area (Å²) in [6, 6.07) is 62.1. The van der Waals surface area contributed by atoms with E-state index < -0.39 is 0 Å². The van der Waals surface area contributed by atoms with E-state index in [1.54, 1.807) is 0 Å². The molecule has 0 saturated carbocycles. The summed E-state index contributed by atoms with van der Waals surface area (Å²) < 4.78 is 9.37. The van der Waals surface area contributed by atoms with E-state index in [2.05, 4.69) is 215 Å². The number of hydrogen-bond acceptors (Lipinski definition) is 3. The molecule has 290 valence electrons. The Morgan fingerprint density at radius 2 is 1.25 bits per heavy atom. The van der Waals surface area contributed by atoms with E-state index in [0.29, 0.717) is 5.92 Å². The largest absolute Gasteiger partial charge is 0.456 e. The van der Waals surface area contributed by atoms with Crippen LogP contribution in [0.25, 0.3) is 66.2 Å². The topological polar surface area (TPSA) is 24.6 Å². The van der Waals surface area contributed by atoms with Crippen molar-refractivity contribution in [3.63, 3.8) is 0 Å². The molecule has 0 fully saturated rings. The fraction of sp³-hybridized carbons (Fsp3) is 0.0877. The molecule has 10 aromatic rings. The summed E-state index contributed by atoms with van der Waals surface area (Å²) in [7, 11) is 0. The molecule has 0 N–H and O–H groups in total. The Bertz CT molecular complexity index is 3460. The van der Waals surface area contributed by atoms with Crippen molar-refractivity contribution in [2.45, 2.75) is 25.8 Å². The Morgan fingerprint density at radius 1 is 0.557 bits per heavy atom. The molecule has 61 heavy (non-hydrogen) atoms. The molecule has 2 aromatic heterocycles. The zero-order valence-electron chi connectivity index (χ0n) is 33.8. The van der Waals surface area contributed by atoms with Gasteiger partial charge in [0.25, 0.3) is 0 Å². The van der Waals surface area contributed by atoms with Crippen LogP contribution in [0, 0.1) is 5.92 Å². The maximum atomic E-state index is 6.70. The lowest BCUT2D eigenvalue weighted by Crippen LogP contribution is -2.20. The van der Waals surface area contributed by atoms with Crippen LogP contribution in [0.5, 0.6) is 0 Å². The van der Waals surface area contributed by atoms with Crippen LogP contribution in [0.1, 0.15) is 36.1 Å². The third-order valence-corrected chi connectivity index (χ3v) is 13.3. The van der Waals surface area contributed by atoms with Crippen molar-refractivity contribution in [1.82, 2.24) is 4.57 Å². The van der Waals surface area contributed by atoms with Crippen molar-refractivity contribution in [1.29, 1.82) is 0 Å². The first-order chi connectivity index (χ1) is 30.1. The second-order valence-electron chi connectivity index (χ2n) is 17.0. The number of fused-ring (bicyclic) bond motifs is 12. The van der Waals surface area contributed by atoms with Crippen molar-refractivity contribution in [3.8, 4) is 0 Å². The average molecular weight is 784 g/mol. The number of allylic oxidation sites excluding steroid dienone is 5. The lowest BCUT2D eigenvalue weighted by atomic mass is 9.84. The van der Waals surface area contributed by atoms with Gasteiger partial charge >= 0.3 is 0 Å². The molecule has 2 atom stereocenters. The van der Waals surface area contributed by atoms with E-state index in [-0.39, 0.29) is 6.04 Å². The number of rotatable bonds is 6. The monoisotopic (exact) mass is 783 g/mol. The molecule has 8 aromatic carbocycles. The average Bonchev–Trinajstić information content (AvgIpc) is 3.94. The fourth-order valence-electron chi connectivity index (χ4n) is 10.6. The smallest absolute Gasteiger partial charge is 0.136 e. The van der Waals surface area contributed by atoms with Gasteiger partial charge in [-0.25, -0.2) is 0 Å². The van der Waals surface area contributed by atoms with E-state index >= 15 is 0 Å². The van der Waals surface area contributed by atoms with E-state index in [0.717, 1.165) is 41.1 Å². The van der Waals surface area contributed by atoms with Crippen LogP contribution in [0.15, 0.2) is 198 Å². The number of para-hydroxylation sites is 4. The third-order valence-electron chi connectivity index (χ3n) is 13.3. The second kappa shape index (κ2) is 13.2. The molecule has 3 aliphatic rings. The highest BCUT2D eigenvalue weighted by Gasteiger charge is 2.37. The number of aromatic nitrogens is 1. The summed E-state index contributed by atoms with van der Waals surface area (Å²) >= 11 is 0. The van der Waals surface area contributed by atoms with E-state index in [1.165, 1.54) is 82.7 Å². The highest BCUT2D eigenvalue weighted by molar-refractivity contribution is 6.26. The van der Waals surface area contributed by atoms with Gasteiger partial charge < -0.3 is 18.8 Å².